The van der Waals surface area contributed by atoms with E-state index in [-0.39, 0.29) is 6.61 Å². The Bertz CT molecular complexity index is 412. The highest BCUT2D eigenvalue weighted by Crippen LogP contribution is 2.34. The second-order valence-corrected chi connectivity index (χ2v) is 5.62. The van der Waals surface area contributed by atoms with Crippen LogP contribution < -0.4 is 14.8 Å². The largest absolute Gasteiger partial charge is 0.493 e. The Morgan fingerprint density at radius 2 is 1.90 bits per heavy atom. The van der Waals surface area contributed by atoms with Gasteiger partial charge in [-0.05, 0) is 42.8 Å². The molecule has 114 valence electrons. The number of benzene rings is 1. The lowest BCUT2D eigenvalue weighted by molar-refractivity contribution is 0.260. The number of ether oxygens (including phenoxy) is 2. The number of nitrogens with one attached hydrogen (secondary N) is 1. The van der Waals surface area contributed by atoms with Gasteiger partial charge in [-0.1, -0.05) is 6.92 Å². The van der Waals surface area contributed by atoms with Crippen LogP contribution >= 0.6 is 11.8 Å². The third-order valence-electron chi connectivity index (χ3n) is 3.22. The molecule has 0 saturated heterocycles. The molecule has 0 radical (unpaired) electrons. The standard InChI is InChI=1S/C15H25NO3S/c1-11(5-6-17)9-16-10-12-7-13(18-2)14(19-3)8-15(12)20-4/h7-8,11,16-17H,5-6,9-10H2,1-4H3. The monoisotopic (exact) mass is 299 g/mol. The van der Waals surface area contributed by atoms with E-state index < -0.39 is 0 Å². The summed E-state index contributed by atoms with van der Waals surface area (Å²) in [4.78, 5) is 1.19. The van der Waals surface area contributed by atoms with Gasteiger partial charge in [0.15, 0.2) is 11.5 Å². The first kappa shape index (κ1) is 17.1. The van der Waals surface area contributed by atoms with E-state index in [0.29, 0.717) is 5.92 Å². The van der Waals surface area contributed by atoms with Gasteiger partial charge in [0.2, 0.25) is 0 Å². The van der Waals surface area contributed by atoms with Gasteiger partial charge in [-0.3, -0.25) is 0 Å². The van der Waals surface area contributed by atoms with E-state index in [1.54, 1.807) is 26.0 Å². The number of hydrogen-bond acceptors (Lipinski definition) is 5. The van der Waals surface area contributed by atoms with E-state index in [1.165, 1.54) is 10.5 Å². The predicted octanol–water partition coefficient (Wildman–Crippen LogP) is 2.53. The molecule has 0 saturated carbocycles. The highest BCUT2D eigenvalue weighted by atomic mass is 32.2. The molecule has 0 aliphatic rings. The summed E-state index contributed by atoms with van der Waals surface area (Å²) in [5.41, 5.74) is 1.20. The Balaban J connectivity index is 2.73. The molecule has 0 bridgehead atoms. The molecule has 0 aliphatic heterocycles. The first-order valence-corrected chi connectivity index (χ1v) is 7.99. The van der Waals surface area contributed by atoms with E-state index in [9.17, 15) is 0 Å². The third-order valence-corrected chi connectivity index (χ3v) is 4.04. The number of aliphatic hydroxyl groups is 1. The maximum atomic E-state index is 8.90. The summed E-state index contributed by atoms with van der Waals surface area (Å²) >= 11 is 1.70. The molecule has 1 rings (SSSR count). The van der Waals surface area contributed by atoms with E-state index >= 15 is 0 Å². The van der Waals surface area contributed by atoms with Gasteiger partial charge in [0.05, 0.1) is 14.2 Å². The van der Waals surface area contributed by atoms with Gasteiger partial charge < -0.3 is 19.9 Å². The summed E-state index contributed by atoms with van der Waals surface area (Å²) in [6, 6.07) is 4.03. The van der Waals surface area contributed by atoms with Crippen LogP contribution in [0.1, 0.15) is 18.9 Å². The maximum absolute atomic E-state index is 8.90. The van der Waals surface area contributed by atoms with E-state index in [0.717, 1.165) is 31.0 Å². The molecule has 0 amide bonds. The van der Waals surface area contributed by atoms with Crippen molar-refractivity contribution in [2.75, 3.05) is 33.6 Å². The molecule has 5 heteroatoms. The van der Waals surface area contributed by atoms with Crippen LogP contribution in [0.25, 0.3) is 0 Å². The second-order valence-electron chi connectivity index (χ2n) is 4.77. The Morgan fingerprint density at radius 3 is 2.45 bits per heavy atom. The topological polar surface area (TPSA) is 50.7 Å². The molecule has 0 aliphatic carbocycles. The highest BCUT2D eigenvalue weighted by Gasteiger charge is 2.11. The van der Waals surface area contributed by atoms with Crippen LogP contribution in [-0.4, -0.2) is 38.7 Å². The molecule has 0 spiro atoms. The number of rotatable bonds is 9. The molecular formula is C15H25NO3S. The first-order chi connectivity index (χ1) is 9.65. The summed E-state index contributed by atoms with van der Waals surface area (Å²) in [7, 11) is 3.30. The van der Waals surface area contributed by atoms with E-state index in [1.807, 2.05) is 12.1 Å². The highest BCUT2D eigenvalue weighted by molar-refractivity contribution is 7.98. The van der Waals surface area contributed by atoms with Crippen LogP contribution in [0.3, 0.4) is 0 Å². The summed E-state index contributed by atoms with van der Waals surface area (Å²) in [5, 5.41) is 12.3. The Kier molecular flexibility index (Phi) is 7.80. The summed E-state index contributed by atoms with van der Waals surface area (Å²) in [5.74, 6) is 1.98. The minimum atomic E-state index is 0.245. The smallest absolute Gasteiger partial charge is 0.161 e. The molecular weight excluding hydrogens is 274 g/mol. The fourth-order valence-corrected chi connectivity index (χ4v) is 2.62. The normalized spacial score (nSPS) is 12.2. The molecule has 0 heterocycles. The molecule has 0 aromatic heterocycles. The van der Waals surface area contributed by atoms with Crippen LogP contribution in [0.5, 0.6) is 11.5 Å². The van der Waals surface area contributed by atoms with Crippen molar-refractivity contribution in [3.8, 4) is 11.5 Å². The Morgan fingerprint density at radius 1 is 1.25 bits per heavy atom. The van der Waals surface area contributed by atoms with Crippen molar-refractivity contribution in [2.45, 2.75) is 24.8 Å². The average Bonchev–Trinajstić information content (AvgIpc) is 2.46. The van der Waals surface area contributed by atoms with Crippen molar-refractivity contribution in [3.63, 3.8) is 0 Å². The molecule has 1 atom stereocenters. The minimum Gasteiger partial charge on any atom is -0.493 e. The van der Waals surface area contributed by atoms with Gasteiger partial charge >= 0.3 is 0 Å². The summed E-state index contributed by atoms with van der Waals surface area (Å²) in [6.45, 7) is 4.05. The van der Waals surface area contributed by atoms with Crippen LogP contribution in [0.15, 0.2) is 17.0 Å². The number of aliphatic hydroxyl groups excluding tert-OH is 1. The van der Waals surface area contributed by atoms with Gasteiger partial charge in [-0.25, -0.2) is 0 Å². The van der Waals surface area contributed by atoms with Crippen molar-refractivity contribution in [3.05, 3.63) is 17.7 Å². The molecule has 2 N–H and O–H groups in total. The SMILES string of the molecule is COc1cc(CNCC(C)CCO)c(SC)cc1OC. The lowest BCUT2D eigenvalue weighted by Gasteiger charge is -2.15. The van der Waals surface area contributed by atoms with E-state index in [2.05, 4.69) is 18.5 Å². The quantitative estimate of drug-likeness (QED) is 0.686. The number of hydrogen-bond donors (Lipinski definition) is 2. The van der Waals surface area contributed by atoms with Gasteiger partial charge in [-0.15, -0.1) is 11.8 Å². The zero-order valence-corrected chi connectivity index (χ0v) is 13.5. The zero-order valence-electron chi connectivity index (χ0n) is 12.7. The Labute approximate surface area is 125 Å². The summed E-state index contributed by atoms with van der Waals surface area (Å²) < 4.78 is 10.7. The molecule has 1 aromatic rings. The van der Waals surface area contributed by atoms with Gasteiger partial charge in [0, 0.05) is 18.0 Å². The predicted molar refractivity (Wildman–Crippen MR) is 83.9 cm³/mol. The lowest BCUT2D eigenvalue weighted by atomic mass is 10.1. The fourth-order valence-electron chi connectivity index (χ4n) is 2.01. The van der Waals surface area contributed by atoms with Crippen LogP contribution in [0.4, 0.5) is 0 Å². The lowest BCUT2D eigenvalue weighted by Crippen LogP contribution is -2.21. The molecule has 1 aromatic carbocycles. The van der Waals surface area contributed by atoms with Gasteiger partial charge in [-0.2, -0.15) is 0 Å². The van der Waals surface area contributed by atoms with Crippen LogP contribution in [-0.2, 0) is 6.54 Å². The van der Waals surface area contributed by atoms with Crippen molar-refractivity contribution >= 4 is 11.8 Å². The Hall–Kier alpha value is -0.910. The summed E-state index contributed by atoms with van der Waals surface area (Å²) in [6.07, 6.45) is 2.88. The molecule has 1 unspecified atom stereocenters. The average molecular weight is 299 g/mol. The van der Waals surface area contributed by atoms with Crippen molar-refractivity contribution < 1.29 is 14.6 Å². The number of methoxy groups -OCH3 is 2. The third kappa shape index (κ3) is 4.89. The molecule has 4 nitrogen and oxygen atoms in total. The van der Waals surface area contributed by atoms with Crippen molar-refractivity contribution in [1.82, 2.24) is 5.32 Å². The molecule has 20 heavy (non-hydrogen) atoms. The van der Waals surface area contributed by atoms with Crippen molar-refractivity contribution in [1.29, 1.82) is 0 Å². The van der Waals surface area contributed by atoms with Gasteiger partial charge in [0.1, 0.15) is 0 Å². The van der Waals surface area contributed by atoms with Crippen LogP contribution in [0, 0.1) is 5.92 Å². The van der Waals surface area contributed by atoms with Crippen LogP contribution in [0.2, 0.25) is 0 Å². The second kappa shape index (κ2) is 9.10. The van der Waals surface area contributed by atoms with Crippen molar-refractivity contribution in [2.24, 2.45) is 5.92 Å². The maximum Gasteiger partial charge on any atom is 0.161 e. The minimum absolute atomic E-state index is 0.245. The first-order valence-electron chi connectivity index (χ1n) is 6.76. The fraction of sp³-hybridized carbons (Fsp3) is 0.600. The number of thioether (sulfide) groups is 1. The molecule has 0 fully saturated rings. The zero-order chi connectivity index (χ0) is 15.0. The van der Waals surface area contributed by atoms with Gasteiger partial charge in [0.25, 0.3) is 0 Å². The van der Waals surface area contributed by atoms with E-state index in [4.69, 9.17) is 14.6 Å².